The fraction of sp³-hybridized carbons (Fsp3) is 0.643. The number of pyridine rings is 1. The predicted octanol–water partition coefficient (Wildman–Crippen LogP) is 4.82. The Kier molecular flexibility index (Phi) is 6.35. The lowest BCUT2D eigenvalue weighted by Gasteiger charge is -2.12. The summed E-state index contributed by atoms with van der Waals surface area (Å²) in [5.74, 6) is 1.02. The van der Waals surface area contributed by atoms with Gasteiger partial charge in [0.25, 0.3) is 0 Å². The first-order valence-corrected chi connectivity index (χ1v) is 6.76. The molecule has 1 rings (SSSR count). The molecule has 0 spiro atoms. The molecule has 1 unspecified atom stereocenters. The molecule has 1 heterocycles. The van der Waals surface area contributed by atoms with Gasteiger partial charge in [-0.15, -0.1) is 0 Å². The molecule has 0 bridgehead atoms. The third-order valence-electron chi connectivity index (χ3n) is 3.08. The Morgan fingerprint density at radius 2 is 2.12 bits per heavy atom. The van der Waals surface area contributed by atoms with Gasteiger partial charge in [-0.05, 0) is 24.0 Å². The van der Waals surface area contributed by atoms with Crippen molar-refractivity contribution < 1.29 is 4.74 Å². The van der Waals surface area contributed by atoms with Crippen molar-refractivity contribution in [3.63, 3.8) is 0 Å². The highest BCUT2D eigenvalue weighted by molar-refractivity contribution is 6.31. The van der Waals surface area contributed by atoms with Crippen molar-refractivity contribution in [3.8, 4) is 5.88 Å². The molecule has 0 aliphatic carbocycles. The maximum atomic E-state index is 6.07. The highest BCUT2D eigenvalue weighted by Crippen LogP contribution is 2.28. The molecule has 0 N–H and O–H groups in total. The summed E-state index contributed by atoms with van der Waals surface area (Å²) in [4.78, 5) is 4.21. The molecule has 0 saturated carbocycles. The van der Waals surface area contributed by atoms with Crippen LogP contribution < -0.4 is 4.74 Å². The van der Waals surface area contributed by atoms with Gasteiger partial charge in [0.2, 0.25) is 5.88 Å². The lowest BCUT2D eigenvalue weighted by atomic mass is 9.96. The Morgan fingerprint density at radius 1 is 1.35 bits per heavy atom. The summed E-state index contributed by atoms with van der Waals surface area (Å²) in [5.41, 5.74) is 1.20. The summed E-state index contributed by atoms with van der Waals surface area (Å²) < 4.78 is 5.05. The molecule has 1 atom stereocenters. The number of hydrogen-bond donors (Lipinski definition) is 0. The molecule has 0 aromatic carbocycles. The number of halogens is 1. The second kappa shape index (κ2) is 7.54. The molecule has 0 fully saturated rings. The first kappa shape index (κ1) is 14.3. The number of aromatic nitrogens is 1. The average molecular weight is 256 g/mol. The number of hydrogen-bond acceptors (Lipinski definition) is 2. The van der Waals surface area contributed by atoms with Crippen LogP contribution in [-0.4, -0.2) is 12.1 Å². The molecule has 96 valence electrons. The van der Waals surface area contributed by atoms with Crippen molar-refractivity contribution in [2.75, 3.05) is 7.11 Å². The fourth-order valence-electron chi connectivity index (χ4n) is 1.90. The van der Waals surface area contributed by atoms with Crippen LogP contribution >= 0.6 is 11.6 Å². The largest absolute Gasteiger partial charge is 0.480 e. The second-order valence-corrected chi connectivity index (χ2v) is 4.92. The summed E-state index contributed by atoms with van der Waals surface area (Å²) in [6.45, 7) is 4.46. The zero-order chi connectivity index (χ0) is 12.7. The first-order chi connectivity index (χ1) is 8.19. The topological polar surface area (TPSA) is 22.1 Å². The fourth-order valence-corrected chi connectivity index (χ4v) is 2.16. The van der Waals surface area contributed by atoms with Crippen molar-refractivity contribution in [1.29, 1.82) is 0 Å². The van der Waals surface area contributed by atoms with Crippen LogP contribution in [0.3, 0.4) is 0 Å². The number of ether oxygens (including phenoxy) is 1. The van der Waals surface area contributed by atoms with Gasteiger partial charge in [0.15, 0.2) is 0 Å². The van der Waals surface area contributed by atoms with Crippen LogP contribution in [-0.2, 0) is 0 Å². The Bertz CT molecular complexity index is 341. The average Bonchev–Trinajstić information content (AvgIpc) is 2.34. The maximum Gasteiger partial charge on any atom is 0.232 e. The highest BCUT2D eigenvalue weighted by atomic mass is 35.5. The van der Waals surface area contributed by atoms with Crippen molar-refractivity contribution >= 4 is 11.6 Å². The smallest absolute Gasteiger partial charge is 0.232 e. The van der Waals surface area contributed by atoms with Gasteiger partial charge >= 0.3 is 0 Å². The number of unbranched alkanes of at least 4 members (excludes halogenated alkanes) is 3. The van der Waals surface area contributed by atoms with Crippen molar-refractivity contribution in [3.05, 3.63) is 22.8 Å². The van der Waals surface area contributed by atoms with Gasteiger partial charge in [-0.25, -0.2) is 4.98 Å². The van der Waals surface area contributed by atoms with Crippen molar-refractivity contribution in [1.82, 2.24) is 4.98 Å². The number of methoxy groups -OCH3 is 1. The number of rotatable bonds is 7. The summed E-state index contributed by atoms with van der Waals surface area (Å²) in [7, 11) is 1.59. The van der Waals surface area contributed by atoms with E-state index < -0.39 is 0 Å². The molecule has 17 heavy (non-hydrogen) atoms. The zero-order valence-electron chi connectivity index (χ0n) is 11.0. The molecular weight excluding hydrogens is 234 g/mol. The molecular formula is C14H22ClNO. The van der Waals surface area contributed by atoms with Crippen LogP contribution in [0.25, 0.3) is 0 Å². The summed E-state index contributed by atoms with van der Waals surface area (Å²) in [6, 6.07) is 1.97. The standard InChI is InChI=1S/C14H22ClNO/c1-4-5-6-7-8-11(2)12-9-13(15)14(17-3)16-10-12/h9-11H,4-8H2,1-3H3. The Morgan fingerprint density at radius 3 is 2.71 bits per heavy atom. The van der Waals surface area contributed by atoms with E-state index in [1.54, 1.807) is 7.11 Å². The molecule has 1 aromatic heterocycles. The molecule has 0 aliphatic rings. The normalized spacial score (nSPS) is 12.5. The second-order valence-electron chi connectivity index (χ2n) is 4.51. The number of nitrogens with zero attached hydrogens (tertiary/aromatic N) is 1. The Balaban J connectivity index is 2.51. The molecule has 3 heteroatoms. The molecule has 0 radical (unpaired) electrons. The predicted molar refractivity (Wildman–Crippen MR) is 73.0 cm³/mol. The third kappa shape index (κ3) is 4.55. The minimum Gasteiger partial charge on any atom is -0.480 e. The molecule has 2 nitrogen and oxygen atoms in total. The van der Waals surface area contributed by atoms with E-state index >= 15 is 0 Å². The van der Waals surface area contributed by atoms with Gasteiger partial charge in [0, 0.05) is 6.20 Å². The van der Waals surface area contributed by atoms with E-state index in [0.29, 0.717) is 16.8 Å². The SMILES string of the molecule is CCCCCCC(C)c1cnc(OC)c(Cl)c1. The monoisotopic (exact) mass is 255 g/mol. The van der Waals surface area contributed by atoms with E-state index in [9.17, 15) is 0 Å². The van der Waals surface area contributed by atoms with E-state index in [-0.39, 0.29) is 0 Å². The third-order valence-corrected chi connectivity index (χ3v) is 3.35. The van der Waals surface area contributed by atoms with E-state index in [2.05, 4.69) is 18.8 Å². The van der Waals surface area contributed by atoms with E-state index in [0.717, 1.165) is 0 Å². The highest BCUT2D eigenvalue weighted by Gasteiger charge is 2.09. The molecule has 0 aliphatic heterocycles. The van der Waals surface area contributed by atoms with E-state index in [4.69, 9.17) is 16.3 Å². The van der Waals surface area contributed by atoms with Gasteiger partial charge < -0.3 is 4.74 Å². The van der Waals surface area contributed by atoms with Crippen LogP contribution in [0, 0.1) is 0 Å². The van der Waals surface area contributed by atoms with Crippen LogP contribution in [0.5, 0.6) is 5.88 Å². The Labute approximate surface area is 109 Å². The van der Waals surface area contributed by atoms with Gasteiger partial charge in [-0.2, -0.15) is 0 Å². The van der Waals surface area contributed by atoms with Crippen LogP contribution in [0.4, 0.5) is 0 Å². The van der Waals surface area contributed by atoms with Crippen molar-refractivity contribution in [2.45, 2.75) is 51.9 Å². The van der Waals surface area contributed by atoms with Gasteiger partial charge in [-0.1, -0.05) is 51.1 Å². The van der Waals surface area contributed by atoms with Gasteiger partial charge in [-0.3, -0.25) is 0 Å². The molecule has 1 aromatic rings. The quantitative estimate of drug-likeness (QED) is 0.652. The maximum absolute atomic E-state index is 6.07. The summed E-state index contributed by atoms with van der Waals surface area (Å²) >= 11 is 6.07. The van der Waals surface area contributed by atoms with Crippen molar-refractivity contribution in [2.24, 2.45) is 0 Å². The van der Waals surface area contributed by atoms with Crippen LogP contribution in [0.15, 0.2) is 12.3 Å². The lowest BCUT2D eigenvalue weighted by molar-refractivity contribution is 0.397. The van der Waals surface area contributed by atoms with E-state index in [1.807, 2.05) is 12.3 Å². The summed E-state index contributed by atoms with van der Waals surface area (Å²) in [6.07, 6.45) is 8.27. The van der Waals surface area contributed by atoms with Gasteiger partial charge in [0.05, 0.1) is 7.11 Å². The molecule has 0 saturated heterocycles. The van der Waals surface area contributed by atoms with E-state index in [1.165, 1.54) is 37.7 Å². The summed E-state index contributed by atoms with van der Waals surface area (Å²) in [5, 5.41) is 0.602. The van der Waals surface area contributed by atoms with Crippen LogP contribution in [0.2, 0.25) is 5.02 Å². The Hall–Kier alpha value is -0.760. The zero-order valence-corrected chi connectivity index (χ0v) is 11.8. The molecule has 0 amide bonds. The lowest BCUT2D eigenvalue weighted by Crippen LogP contribution is -1.97. The minimum atomic E-state index is 0.508. The van der Waals surface area contributed by atoms with Crippen LogP contribution in [0.1, 0.15) is 57.4 Å². The first-order valence-electron chi connectivity index (χ1n) is 6.38. The minimum absolute atomic E-state index is 0.508. The van der Waals surface area contributed by atoms with Gasteiger partial charge in [0.1, 0.15) is 5.02 Å².